The van der Waals surface area contributed by atoms with Gasteiger partial charge in [-0.2, -0.15) is 23.5 Å². The first-order chi connectivity index (χ1) is 23.4. The summed E-state index contributed by atoms with van der Waals surface area (Å²) in [7, 11) is 3.63. The zero-order valence-electron chi connectivity index (χ0n) is 27.3. The van der Waals surface area contributed by atoms with E-state index in [9.17, 15) is 33.1 Å². The molecule has 1 saturated heterocycles. The number of anilines is 1. The topological polar surface area (TPSA) is 130 Å². The second-order valence-corrected chi connectivity index (χ2v) is 12.9. The number of carbonyl (C=O) groups is 2. The minimum atomic E-state index is -4.62. The van der Waals surface area contributed by atoms with E-state index in [1.54, 1.807) is 37.4 Å². The van der Waals surface area contributed by atoms with Crippen LogP contribution in [-0.2, 0) is 15.8 Å². The van der Waals surface area contributed by atoms with E-state index in [1.807, 2.05) is 0 Å². The van der Waals surface area contributed by atoms with Gasteiger partial charge in [-0.25, -0.2) is 4.68 Å². The van der Waals surface area contributed by atoms with Gasteiger partial charge in [0.2, 0.25) is 5.91 Å². The molecule has 3 aliphatic rings. The van der Waals surface area contributed by atoms with E-state index in [0.29, 0.717) is 42.6 Å². The molecular formula is C35H39F3N8O3. The van der Waals surface area contributed by atoms with E-state index < -0.39 is 23.9 Å². The van der Waals surface area contributed by atoms with Crippen LogP contribution in [0, 0.1) is 17.2 Å². The first-order valence-corrected chi connectivity index (χ1v) is 16.4. The number of aliphatic hydroxyl groups excluding tert-OH is 1. The maximum absolute atomic E-state index is 14.1. The summed E-state index contributed by atoms with van der Waals surface area (Å²) >= 11 is 0. The van der Waals surface area contributed by atoms with Crippen molar-refractivity contribution in [3.05, 3.63) is 83.2 Å². The molecule has 2 aromatic carbocycles. The SMILES string of the molecule is CN1CCC(NC(=O)[C@H]2CC[C@H](NC(=O)C3=C(c4ccnn4-c4ccc(C#N)cc4)N(C)N(c4cccc(C(F)(F)F)c4)C3O)CC2)CC1. The van der Waals surface area contributed by atoms with Gasteiger partial charge in [-0.3, -0.25) is 19.6 Å². The lowest BCUT2D eigenvalue weighted by atomic mass is 9.85. The number of likely N-dealkylation sites (tertiary alicyclic amines) is 1. The van der Waals surface area contributed by atoms with E-state index in [4.69, 9.17) is 0 Å². The summed E-state index contributed by atoms with van der Waals surface area (Å²) in [6, 6.07) is 14.8. The third-order valence-electron chi connectivity index (χ3n) is 9.70. The summed E-state index contributed by atoms with van der Waals surface area (Å²) in [6.07, 6.45) is -0.581. The molecule has 0 radical (unpaired) electrons. The number of nitrogens with one attached hydrogen (secondary N) is 2. The Balaban J connectivity index is 1.25. The van der Waals surface area contributed by atoms with E-state index in [2.05, 4.69) is 33.7 Å². The number of rotatable bonds is 7. The van der Waals surface area contributed by atoms with Crippen LogP contribution >= 0.6 is 0 Å². The summed E-state index contributed by atoms with van der Waals surface area (Å²) in [6.45, 7) is 1.89. The molecule has 3 heterocycles. The molecule has 6 rings (SSSR count). The lowest BCUT2D eigenvalue weighted by Crippen LogP contribution is -2.47. The smallest absolute Gasteiger partial charge is 0.368 e. The molecule has 2 aliphatic heterocycles. The van der Waals surface area contributed by atoms with Crippen LogP contribution in [0.5, 0.6) is 0 Å². The van der Waals surface area contributed by atoms with Gasteiger partial charge >= 0.3 is 6.18 Å². The Morgan fingerprint density at radius 1 is 0.918 bits per heavy atom. The largest absolute Gasteiger partial charge is 0.416 e. The number of alkyl halides is 3. The van der Waals surface area contributed by atoms with Gasteiger partial charge < -0.3 is 20.6 Å². The van der Waals surface area contributed by atoms with Gasteiger partial charge in [-0.15, -0.1) is 0 Å². The van der Waals surface area contributed by atoms with Gasteiger partial charge in [0.25, 0.3) is 5.91 Å². The van der Waals surface area contributed by atoms with Crippen molar-refractivity contribution in [3.8, 4) is 11.8 Å². The van der Waals surface area contributed by atoms with Crippen LogP contribution in [0.3, 0.4) is 0 Å². The van der Waals surface area contributed by atoms with Gasteiger partial charge in [0.1, 0.15) is 0 Å². The average molecular weight is 677 g/mol. The molecule has 258 valence electrons. The summed E-state index contributed by atoms with van der Waals surface area (Å²) in [5.74, 6) is -0.676. The van der Waals surface area contributed by atoms with Crippen molar-refractivity contribution in [2.45, 2.75) is 63.0 Å². The maximum atomic E-state index is 14.1. The quantitative estimate of drug-likeness (QED) is 0.342. The Kier molecular flexibility index (Phi) is 9.67. The molecule has 3 aromatic rings. The third kappa shape index (κ3) is 7.13. The van der Waals surface area contributed by atoms with Crippen LogP contribution in [0.4, 0.5) is 18.9 Å². The van der Waals surface area contributed by atoms with Crippen molar-refractivity contribution in [1.82, 2.24) is 30.3 Å². The van der Waals surface area contributed by atoms with Crippen molar-refractivity contribution in [2.75, 3.05) is 32.2 Å². The lowest BCUT2D eigenvalue weighted by Gasteiger charge is -2.33. The Hall–Kier alpha value is -4.87. The number of benzene rings is 2. The first-order valence-electron chi connectivity index (χ1n) is 16.4. The Labute approximate surface area is 282 Å². The summed E-state index contributed by atoms with van der Waals surface area (Å²) < 4.78 is 42.6. The number of hydrogen-bond donors (Lipinski definition) is 3. The number of hydrogen-bond acceptors (Lipinski definition) is 8. The molecule has 1 saturated carbocycles. The number of carbonyl (C=O) groups excluding carboxylic acids is 2. The van der Waals surface area contributed by atoms with E-state index in [0.717, 1.165) is 38.1 Å². The molecule has 2 amide bonds. The second kappa shape index (κ2) is 13.9. The molecule has 1 aliphatic carbocycles. The lowest BCUT2D eigenvalue weighted by molar-refractivity contribution is -0.137. The molecule has 1 atom stereocenters. The number of amides is 2. The number of nitriles is 1. The third-order valence-corrected chi connectivity index (χ3v) is 9.70. The normalized spacial score (nSPS) is 22.3. The van der Waals surface area contributed by atoms with E-state index >= 15 is 0 Å². The van der Waals surface area contributed by atoms with E-state index in [1.165, 1.54) is 33.0 Å². The van der Waals surface area contributed by atoms with Crippen LogP contribution < -0.4 is 15.6 Å². The zero-order valence-corrected chi connectivity index (χ0v) is 27.3. The van der Waals surface area contributed by atoms with Gasteiger partial charge in [0, 0.05) is 25.0 Å². The molecule has 2 fully saturated rings. The summed E-state index contributed by atoms with van der Waals surface area (Å²) in [5, 5.41) is 34.3. The highest BCUT2D eigenvalue weighted by atomic mass is 19.4. The van der Waals surface area contributed by atoms with Gasteiger partial charge in [-0.05, 0) is 107 Å². The van der Waals surface area contributed by atoms with Gasteiger partial charge in [0.05, 0.1) is 51.7 Å². The van der Waals surface area contributed by atoms with Crippen LogP contribution in [0.1, 0.15) is 55.3 Å². The molecule has 3 N–H and O–H groups in total. The molecule has 49 heavy (non-hydrogen) atoms. The molecule has 0 bridgehead atoms. The van der Waals surface area contributed by atoms with Crippen molar-refractivity contribution in [3.63, 3.8) is 0 Å². The monoisotopic (exact) mass is 676 g/mol. The zero-order chi connectivity index (χ0) is 34.9. The number of aliphatic hydroxyl groups is 1. The highest BCUT2D eigenvalue weighted by Crippen LogP contribution is 2.40. The van der Waals surface area contributed by atoms with Crippen LogP contribution in [0.25, 0.3) is 11.4 Å². The predicted molar refractivity (Wildman–Crippen MR) is 175 cm³/mol. The molecule has 1 unspecified atom stereocenters. The predicted octanol–water partition coefficient (Wildman–Crippen LogP) is 4.04. The molecule has 11 nitrogen and oxygen atoms in total. The first kappa shape index (κ1) is 34.0. The number of piperidine rings is 1. The number of hydrazine groups is 1. The highest BCUT2D eigenvalue weighted by molar-refractivity contribution is 6.04. The fourth-order valence-electron chi connectivity index (χ4n) is 6.96. The van der Waals surface area contributed by atoms with Crippen molar-refractivity contribution >= 4 is 23.2 Å². The second-order valence-electron chi connectivity index (χ2n) is 12.9. The van der Waals surface area contributed by atoms with Gasteiger partial charge in [0.15, 0.2) is 6.23 Å². The van der Waals surface area contributed by atoms with Crippen LogP contribution in [0.2, 0.25) is 0 Å². The molecule has 14 heteroatoms. The number of nitrogens with zero attached hydrogens (tertiary/aromatic N) is 6. The maximum Gasteiger partial charge on any atom is 0.416 e. The van der Waals surface area contributed by atoms with E-state index in [-0.39, 0.29) is 40.9 Å². The number of aromatic nitrogens is 2. The van der Waals surface area contributed by atoms with Crippen molar-refractivity contribution in [2.24, 2.45) is 5.92 Å². The average Bonchev–Trinajstić information content (AvgIpc) is 3.67. The minimum absolute atomic E-state index is 0.0331. The molecule has 0 spiro atoms. The summed E-state index contributed by atoms with van der Waals surface area (Å²) in [4.78, 5) is 29.4. The Bertz CT molecular complexity index is 1750. The Morgan fingerprint density at radius 3 is 2.24 bits per heavy atom. The fraction of sp³-hybridized carbons (Fsp3) is 0.429. The minimum Gasteiger partial charge on any atom is -0.368 e. The van der Waals surface area contributed by atoms with Crippen LogP contribution in [-0.4, -0.2) is 82.1 Å². The number of halogens is 3. The standard InChI is InChI=1S/C35H39F3N8O3/c1-43-18-15-26(16-19-43)41-32(47)23-8-10-25(11-9-23)42-33(48)30-31(29-14-17-40-45(29)27-12-6-22(21-39)7-13-27)44(2)46(34(30)49)28-5-3-4-24(20-28)35(36,37)38/h3-7,12-14,17,20,23,25-26,34,49H,8-11,15-16,18-19H2,1-2H3,(H,41,47)(H,42,48)/t23-,25-,34?. The summed E-state index contributed by atoms with van der Waals surface area (Å²) in [5.41, 5.74) is 0.737. The molecular weight excluding hydrogens is 637 g/mol. The highest BCUT2D eigenvalue weighted by Gasteiger charge is 2.43. The van der Waals surface area contributed by atoms with Gasteiger partial charge in [-0.1, -0.05) is 6.07 Å². The Morgan fingerprint density at radius 2 is 1.59 bits per heavy atom. The van der Waals surface area contributed by atoms with Crippen molar-refractivity contribution < 1.29 is 27.9 Å². The van der Waals surface area contributed by atoms with Crippen LogP contribution in [0.15, 0.2) is 66.4 Å². The fourth-order valence-corrected chi connectivity index (χ4v) is 6.96. The van der Waals surface area contributed by atoms with Crippen molar-refractivity contribution in [1.29, 1.82) is 5.26 Å². The molecule has 1 aromatic heterocycles.